The SMILES string of the molecule is COc1nc(C)nc(N2C[C@@H](C)N(C3C=CNC=N3)[C@@H](C)C2)n1. The Morgan fingerprint density at radius 1 is 1.17 bits per heavy atom. The fraction of sp³-hybridized carbons (Fsp3) is 0.600. The molecule has 1 unspecified atom stereocenters. The maximum atomic E-state index is 5.16. The minimum absolute atomic E-state index is 0.0815. The first-order chi connectivity index (χ1) is 11.1. The molecule has 0 aromatic carbocycles. The van der Waals surface area contributed by atoms with E-state index in [1.54, 1.807) is 13.4 Å². The lowest BCUT2D eigenvalue weighted by molar-refractivity contribution is 0.102. The molecule has 1 aromatic heterocycles. The van der Waals surface area contributed by atoms with Gasteiger partial charge < -0.3 is 15.0 Å². The topological polar surface area (TPSA) is 78.8 Å². The van der Waals surface area contributed by atoms with Gasteiger partial charge in [0.1, 0.15) is 12.0 Å². The largest absolute Gasteiger partial charge is 0.467 e. The maximum Gasteiger partial charge on any atom is 0.321 e. The lowest BCUT2D eigenvalue weighted by Gasteiger charge is -2.46. The first-order valence-corrected chi connectivity index (χ1v) is 7.82. The van der Waals surface area contributed by atoms with E-state index in [2.05, 4.69) is 55.0 Å². The van der Waals surface area contributed by atoms with Crippen molar-refractivity contribution in [1.82, 2.24) is 25.2 Å². The minimum Gasteiger partial charge on any atom is -0.467 e. The van der Waals surface area contributed by atoms with Crippen LogP contribution in [-0.2, 0) is 0 Å². The van der Waals surface area contributed by atoms with Gasteiger partial charge in [-0.25, -0.2) is 0 Å². The summed E-state index contributed by atoms with van der Waals surface area (Å²) in [6.45, 7) is 7.94. The van der Waals surface area contributed by atoms with Crippen molar-refractivity contribution in [2.45, 2.75) is 39.0 Å². The molecular formula is C15H23N7O. The predicted molar refractivity (Wildman–Crippen MR) is 88.6 cm³/mol. The second kappa shape index (κ2) is 6.49. The molecule has 3 rings (SSSR count). The van der Waals surface area contributed by atoms with Gasteiger partial charge in [-0.15, -0.1) is 0 Å². The number of aromatic nitrogens is 3. The molecule has 2 aliphatic rings. The summed E-state index contributed by atoms with van der Waals surface area (Å²) in [5.74, 6) is 1.34. The van der Waals surface area contributed by atoms with Crippen molar-refractivity contribution >= 4 is 12.3 Å². The highest BCUT2D eigenvalue weighted by molar-refractivity contribution is 5.57. The van der Waals surface area contributed by atoms with Crippen molar-refractivity contribution in [1.29, 1.82) is 0 Å². The zero-order valence-corrected chi connectivity index (χ0v) is 14.0. The number of anilines is 1. The highest BCUT2D eigenvalue weighted by Crippen LogP contribution is 2.24. The third-order valence-corrected chi connectivity index (χ3v) is 4.14. The first-order valence-electron chi connectivity index (χ1n) is 7.82. The van der Waals surface area contributed by atoms with Crippen LogP contribution in [0.2, 0.25) is 0 Å². The molecule has 3 atom stereocenters. The number of nitrogens with zero attached hydrogens (tertiary/aromatic N) is 6. The van der Waals surface area contributed by atoms with E-state index in [-0.39, 0.29) is 6.17 Å². The molecule has 23 heavy (non-hydrogen) atoms. The first kappa shape index (κ1) is 15.7. The summed E-state index contributed by atoms with van der Waals surface area (Å²) in [7, 11) is 1.57. The number of hydrogen-bond acceptors (Lipinski definition) is 8. The molecule has 124 valence electrons. The van der Waals surface area contributed by atoms with Gasteiger partial charge in [0.05, 0.1) is 13.4 Å². The number of aliphatic imine (C=N–C) groups is 1. The van der Waals surface area contributed by atoms with Crippen LogP contribution in [0.4, 0.5) is 5.95 Å². The van der Waals surface area contributed by atoms with E-state index in [4.69, 9.17) is 4.74 Å². The Bertz CT molecular complexity index is 594. The number of aryl methyl sites for hydroxylation is 1. The van der Waals surface area contributed by atoms with Gasteiger partial charge in [0, 0.05) is 31.4 Å². The Morgan fingerprint density at radius 3 is 2.52 bits per heavy atom. The Kier molecular flexibility index (Phi) is 4.42. The monoisotopic (exact) mass is 317 g/mol. The van der Waals surface area contributed by atoms with E-state index in [1.807, 2.05) is 13.1 Å². The Morgan fingerprint density at radius 2 is 1.91 bits per heavy atom. The molecular weight excluding hydrogens is 294 g/mol. The Hall–Kier alpha value is -2.22. The summed E-state index contributed by atoms with van der Waals surface area (Å²) < 4.78 is 5.16. The van der Waals surface area contributed by atoms with Gasteiger partial charge in [0.25, 0.3) is 0 Å². The van der Waals surface area contributed by atoms with E-state index < -0.39 is 0 Å². The van der Waals surface area contributed by atoms with Crippen molar-refractivity contribution in [3.8, 4) is 6.01 Å². The van der Waals surface area contributed by atoms with Crippen LogP contribution < -0.4 is 15.0 Å². The number of piperazine rings is 1. The maximum absolute atomic E-state index is 5.16. The summed E-state index contributed by atoms with van der Waals surface area (Å²) in [6, 6.07) is 1.01. The Balaban J connectivity index is 1.78. The molecule has 0 amide bonds. The van der Waals surface area contributed by atoms with Crippen LogP contribution in [0.3, 0.4) is 0 Å². The van der Waals surface area contributed by atoms with Gasteiger partial charge >= 0.3 is 6.01 Å². The predicted octanol–water partition coefficient (Wildman–Crippen LogP) is 0.559. The quantitative estimate of drug-likeness (QED) is 0.872. The summed E-state index contributed by atoms with van der Waals surface area (Å²) in [6.07, 6.45) is 5.84. The number of methoxy groups -OCH3 is 1. The summed E-state index contributed by atoms with van der Waals surface area (Å²) >= 11 is 0. The van der Waals surface area contributed by atoms with Crippen molar-refractivity contribution < 1.29 is 4.74 Å². The molecule has 0 aliphatic carbocycles. The third kappa shape index (κ3) is 3.26. The number of nitrogens with one attached hydrogen (secondary N) is 1. The number of hydrogen-bond donors (Lipinski definition) is 1. The van der Waals surface area contributed by atoms with E-state index >= 15 is 0 Å². The molecule has 0 saturated carbocycles. The summed E-state index contributed by atoms with van der Waals surface area (Å²) in [5, 5.41) is 2.99. The fourth-order valence-electron chi connectivity index (χ4n) is 3.23. The third-order valence-electron chi connectivity index (χ3n) is 4.14. The van der Waals surface area contributed by atoms with Crippen LogP contribution >= 0.6 is 0 Å². The molecule has 0 spiro atoms. The molecule has 2 aliphatic heterocycles. The van der Waals surface area contributed by atoms with Gasteiger partial charge in [-0.1, -0.05) is 0 Å². The molecule has 8 heteroatoms. The number of rotatable bonds is 3. The molecule has 1 aromatic rings. The second-order valence-electron chi connectivity index (χ2n) is 5.94. The highest BCUT2D eigenvalue weighted by atomic mass is 16.5. The summed E-state index contributed by atoms with van der Waals surface area (Å²) in [5.41, 5.74) is 0. The molecule has 8 nitrogen and oxygen atoms in total. The zero-order valence-electron chi connectivity index (χ0n) is 14.0. The highest BCUT2D eigenvalue weighted by Gasteiger charge is 2.34. The molecule has 0 bridgehead atoms. The van der Waals surface area contributed by atoms with Crippen LogP contribution in [0.15, 0.2) is 17.3 Å². The van der Waals surface area contributed by atoms with Gasteiger partial charge in [0.15, 0.2) is 0 Å². The van der Waals surface area contributed by atoms with Crippen LogP contribution in [0.5, 0.6) is 6.01 Å². The van der Waals surface area contributed by atoms with Crippen LogP contribution in [0.1, 0.15) is 19.7 Å². The molecule has 0 radical (unpaired) electrons. The second-order valence-corrected chi connectivity index (χ2v) is 5.94. The van der Waals surface area contributed by atoms with Crippen LogP contribution in [-0.4, -0.2) is 64.6 Å². The summed E-state index contributed by atoms with van der Waals surface area (Å²) in [4.78, 5) is 22.1. The minimum atomic E-state index is 0.0815. The van der Waals surface area contributed by atoms with Crippen LogP contribution in [0.25, 0.3) is 0 Å². The lowest BCUT2D eigenvalue weighted by Crippen LogP contribution is -2.60. The van der Waals surface area contributed by atoms with E-state index in [1.165, 1.54) is 0 Å². The average molecular weight is 317 g/mol. The van der Waals surface area contributed by atoms with Crippen molar-refractivity contribution in [3.05, 3.63) is 18.1 Å². The van der Waals surface area contributed by atoms with Crippen molar-refractivity contribution in [2.75, 3.05) is 25.1 Å². The van der Waals surface area contributed by atoms with E-state index in [0.717, 1.165) is 13.1 Å². The average Bonchev–Trinajstić information content (AvgIpc) is 2.54. The van der Waals surface area contributed by atoms with Gasteiger partial charge in [-0.05, 0) is 26.8 Å². The standard InChI is InChI=1S/C15H23N7O/c1-10-7-21(14-18-12(3)19-15(20-14)23-4)8-11(2)22(10)13-5-6-16-9-17-13/h5-6,9-11,13H,7-8H2,1-4H3,(H,16,17)/t10-,11+,13?. The van der Waals surface area contributed by atoms with E-state index in [9.17, 15) is 0 Å². The lowest BCUT2D eigenvalue weighted by atomic mass is 10.1. The van der Waals surface area contributed by atoms with Gasteiger partial charge in [0.2, 0.25) is 5.95 Å². The van der Waals surface area contributed by atoms with E-state index in [0.29, 0.717) is 29.9 Å². The zero-order chi connectivity index (χ0) is 16.4. The fourth-order valence-corrected chi connectivity index (χ4v) is 3.23. The number of ether oxygens (including phenoxy) is 1. The molecule has 1 fully saturated rings. The van der Waals surface area contributed by atoms with Crippen molar-refractivity contribution in [3.63, 3.8) is 0 Å². The molecule has 1 N–H and O–H groups in total. The van der Waals surface area contributed by atoms with Crippen molar-refractivity contribution in [2.24, 2.45) is 4.99 Å². The smallest absolute Gasteiger partial charge is 0.321 e. The van der Waals surface area contributed by atoms with Crippen LogP contribution in [0, 0.1) is 6.92 Å². The molecule has 3 heterocycles. The van der Waals surface area contributed by atoms with Gasteiger partial charge in [-0.2, -0.15) is 15.0 Å². The van der Waals surface area contributed by atoms with Gasteiger partial charge in [-0.3, -0.25) is 9.89 Å². The normalized spacial score (nSPS) is 27.8. The Labute approximate surface area is 136 Å². The molecule has 1 saturated heterocycles.